The van der Waals surface area contributed by atoms with Crippen molar-refractivity contribution in [1.29, 1.82) is 0 Å². The van der Waals surface area contributed by atoms with E-state index in [0.29, 0.717) is 30.3 Å². The lowest BCUT2D eigenvalue weighted by atomic mass is 9.99. The van der Waals surface area contributed by atoms with E-state index in [4.69, 9.17) is 9.47 Å². The number of ether oxygens (including phenoxy) is 2. The minimum Gasteiger partial charge on any atom is -0.486 e. The van der Waals surface area contributed by atoms with Crippen LogP contribution in [0.3, 0.4) is 0 Å². The van der Waals surface area contributed by atoms with E-state index in [-0.39, 0.29) is 11.9 Å². The Bertz CT molecular complexity index is 755. The first kappa shape index (κ1) is 16.4. The van der Waals surface area contributed by atoms with Crippen LogP contribution in [0.1, 0.15) is 46.4 Å². The zero-order valence-electron chi connectivity index (χ0n) is 14.4. The molecule has 4 heteroatoms. The van der Waals surface area contributed by atoms with Crippen molar-refractivity contribution in [3.8, 4) is 11.5 Å². The molecular weight excluding hydrogens is 302 g/mol. The number of fused-ring (bicyclic) bond motifs is 1. The van der Waals surface area contributed by atoms with Gasteiger partial charge in [-0.3, -0.25) is 4.79 Å². The van der Waals surface area contributed by atoms with E-state index in [9.17, 15) is 4.79 Å². The number of benzene rings is 2. The van der Waals surface area contributed by atoms with Crippen molar-refractivity contribution < 1.29 is 14.3 Å². The fraction of sp³-hybridized carbons (Fsp3) is 0.350. The summed E-state index contributed by atoms with van der Waals surface area (Å²) < 4.78 is 11.1. The molecule has 0 aliphatic carbocycles. The van der Waals surface area contributed by atoms with Crippen molar-refractivity contribution in [2.45, 2.75) is 33.2 Å². The third-order valence-electron chi connectivity index (χ3n) is 4.45. The molecule has 1 heterocycles. The maximum Gasteiger partial charge on any atom is 0.251 e. The lowest BCUT2D eigenvalue weighted by Gasteiger charge is -2.21. The Morgan fingerprint density at radius 2 is 1.79 bits per heavy atom. The quantitative estimate of drug-likeness (QED) is 0.926. The van der Waals surface area contributed by atoms with Crippen molar-refractivity contribution in [1.82, 2.24) is 5.32 Å². The molecule has 1 aliphatic heterocycles. The van der Waals surface area contributed by atoms with Crippen LogP contribution < -0.4 is 14.8 Å². The topological polar surface area (TPSA) is 47.6 Å². The lowest BCUT2D eigenvalue weighted by Crippen LogP contribution is -2.28. The van der Waals surface area contributed by atoms with Gasteiger partial charge < -0.3 is 14.8 Å². The predicted molar refractivity (Wildman–Crippen MR) is 93.8 cm³/mol. The molecule has 0 spiro atoms. The van der Waals surface area contributed by atoms with Gasteiger partial charge in [-0.25, -0.2) is 0 Å². The standard InChI is InChI=1S/C20H23NO3/c1-4-17(15-6-5-13(2)14(3)11-15)21-20(22)16-7-8-18-19(12-16)24-10-9-23-18/h5-8,11-12,17H,4,9-10H2,1-3H3,(H,21,22)/t17-/m1/s1. The molecule has 1 aliphatic rings. The van der Waals surface area contributed by atoms with Gasteiger partial charge in [-0.2, -0.15) is 0 Å². The third kappa shape index (κ3) is 3.37. The average Bonchev–Trinajstić information content (AvgIpc) is 2.61. The molecule has 0 aromatic heterocycles. The molecule has 0 saturated carbocycles. The van der Waals surface area contributed by atoms with Crippen LogP contribution in [-0.4, -0.2) is 19.1 Å². The van der Waals surface area contributed by atoms with Crippen molar-refractivity contribution in [2.75, 3.05) is 13.2 Å². The zero-order chi connectivity index (χ0) is 17.1. The molecule has 4 nitrogen and oxygen atoms in total. The molecule has 3 rings (SSSR count). The Hall–Kier alpha value is -2.49. The highest BCUT2D eigenvalue weighted by Gasteiger charge is 2.18. The third-order valence-corrected chi connectivity index (χ3v) is 4.45. The maximum atomic E-state index is 12.6. The molecule has 0 bridgehead atoms. The van der Waals surface area contributed by atoms with Crippen LogP contribution >= 0.6 is 0 Å². The normalized spacial score (nSPS) is 14.1. The highest BCUT2D eigenvalue weighted by Crippen LogP contribution is 2.31. The molecule has 0 unspecified atom stereocenters. The van der Waals surface area contributed by atoms with Crippen LogP contribution in [-0.2, 0) is 0 Å². The summed E-state index contributed by atoms with van der Waals surface area (Å²) in [7, 11) is 0. The van der Waals surface area contributed by atoms with Crippen molar-refractivity contribution in [3.63, 3.8) is 0 Å². The largest absolute Gasteiger partial charge is 0.486 e. The van der Waals surface area contributed by atoms with Crippen LogP contribution in [0, 0.1) is 13.8 Å². The molecular formula is C20H23NO3. The van der Waals surface area contributed by atoms with Crippen LogP contribution in [0.25, 0.3) is 0 Å². The second-order valence-electron chi connectivity index (χ2n) is 6.14. The van der Waals surface area contributed by atoms with Crippen molar-refractivity contribution in [2.24, 2.45) is 0 Å². The number of aryl methyl sites for hydroxylation is 2. The van der Waals surface area contributed by atoms with E-state index in [1.165, 1.54) is 11.1 Å². The number of rotatable bonds is 4. The molecule has 2 aromatic carbocycles. The first-order valence-corrected chi connectivity index (χ1v) is 8.36. The summed E-state index contributed by atoms with van der Waals surface area (Å²) in [6.07, 6.45) is 0.832. The smallest absolute Gasteiger partial charge is 0.251 e. The van der Waals surface area contributed by atoms with Gasteiger partial charge in [0.25, 0.3) is 5.91 Å². The minimum atomic E-state index is -0.1000. The van der Waals surface area contributed by atoms with E-state index in [1.54, 1.807) is 18.2 Å². The molecule has 1 N–H and O–H groups in total. The summed E-state index contributed by atoms with van der Waals surface area (Å²) in [5, 5.41) is 3.12. The van der Waals surface area contributed by atoms with E-state index in [0.717, 1.165) is 12.0 Å². The van der Waals surface area contributed by atoms with Gasteiger partial charge in [-0.1, -0.05) is 25.1 Å². The molecule has 126 valence electrons. The lowest BCUT2D eigenvalue weighted by molar-refractivity contribution is 0.0934. The van der Waals surface area contributed by atoms with Gasteiger partial charge in [0, 0.05) is 5.56 Å². The first-order valence-electron chi connectivity index (χ1n) is 8.36. The molecule has 0 fully saturated rings. The summed E-state index contributed by atoms with van der Waals surface area (Å²) in [4.78, 5) is 12.6. The number of hydrogen-bond donors (Lipinski definition) is 1. The van der Waals surface area contributed by atoms with Crippen LogP contribution in [0.5, 0.6) is 11.5 Å². The van der Waals surface area contributed by atoms with E-state index in [2.05, 4.69) is 44.3 Å². The van der Waals surface area contributed by atoms with Crippen LogP contribution in [0.4, 0.5) is 0 Å². The second kappa shape index (κ2) is 6.95. The second-order valence-corrected chi connectivity index (χ2v) is 6.14. The molecule has 2 aromatic rings. The maximum absolute atomic E-state index is 12.6. The van der Waals surface area contributed by atoms with E-state index >= 15 is 0 Å². The molecule has 1 atom stereocenters. The van der Waals surface area contributed by atoms with Crippen LogP contribution in [0.15, 0.2) is 36.4 Å². The first-order chi connectivity index (χ1) is 11.6. The van der Waals surface area contributed by atoms with Gasteiger partial charge in [-0.05, 0) is 55.2 Å². The molecule has 24 heavy (non-hydrogen) atoms. The zero-order valence-corrected chi connectivity index (χ0v) is 14.4. The number of carbonyl (C=O) groups excluding carboxylic acids is 1. The van der Waals surface area contributed by atoms with Crippen LogP contribution in [0.2, 0.25) is 0 Å². The average molecular weight is 325 g/mol. The van der Waals surface area contributed by atoms with Gasteiger partial charge in [0.15, 0.2) is 11.5 Å². The van der Waals surface area contributed by atoms with Gasteiger partial charge in [-0.15, -0.1) is 0 Å². The number of amides is 1. The van der Waals surface area contributed by atoms with Gasteiger partial charge in [0.2, 0.25) is 0 Å². The summed E-state index contributed by atoms with van der Waals surface area (Å²) >= 11 is 0. The Labute approximate surface area is 142 Å². The van der Waals surface area contributed by atoms with Crippen molar-refractivity contribution >= 4 is 5.91 Å². The van der Waals surface area contributed by atoms with Gasteiger partial charge in [0.05, 0.1) is 6.04 Å². The van der Waals surface area contributed by atoms with E-state index in [1.807, 2.05) is 0 Å². The Balaban J connectivity index is 1.78. The number of nitrogens with one attached hydrogen (secondary N) is 1. The van der Waals surface area contributed by atoms with E-state index < -0.39 is 0 Å². The molecule has 0 saturated heterocycles. The fourth-order valence-electron chi connectivity index (χ4n) is 2.83. The monoisotopic (exact) mass is 325 g/mol. The minimum absolute atomic E-state index is 0.00926. The molecule has 1 amide bonds. The predicted octanol–water partition coefficient (Wildman–Crippen LogP) is 3.96. The summed E-state index contributed by atoms with van der Waals surface area (Å²) in [6.45, 7) is 7.31. The SMILES string of the molecule is CC[C@@H](NC(=O)c1ccc2c(c1)OCCO2)c1ccc(C)c(C)c1. The summed E-state index contributed by atoms with van der Waals surface area (Å²) in [6, 6.07) is 11.6. The van der Waals surface area contributed by atoms with Gasteiger partial charge >= 0.3 is 0 Å². The van der Waals surface area contributed by atoms with Crippen molar-refractivity contribution in [3.05, 3.63) is 58.7 Å². The number of carbonyl (C=O) groups is 1. The Kier molecular flexibility index (Phi) is 4.74. The number of hydrogen-bond acceptors (Lipinski definition) is 3. The highest BCUT2D eigenvalue weighted by atomic mass is 16.6. The fourth-order valence-corrected chi connectivity index (χ4v) is 2.83. The highest BCUT2D eigenvalue weighted by molar-refractivity contribution is 5.95. The molecule has 0 radical (unpaired) electrons. The summed E-state index contributed by atoms with van der Waals surface area (Å²) in [5.41, 5.74) is 4.21. The Morgan fingerprint density at radius 3 is 2.50 bits per heavy atom. The Morgan fingerprint density at radius 1 is 1.04 bits per heavy atom. The van der Waals surface area contributed by atoms with Gasteiger partial charge in [0.1, 0.15) is 13.2 Å². The summed E-state index contributed by atoms with van der Waals surface area (Å²) in [5.74, 6) is 1.23.